The first-order valence-electron chi connectivity index (χ1n) is 5.95. The van der Waals surface area contributed by atoms with Crippen LogP contribution in [0.3, 0.4) is 0 Å². The molecule has 1 fully saturated rings. The Labute approximate surface area is 96.1 Å². The second kappa shape index (κ2) is 4.93. The molecule has 0 spiro atoms. The molecule has 2 rings (SSSR count). The summed E-state index contributed by atoms with van der Waals surface area (Å²) in [6, 6.07) is 0.340. The Morgan fingerprint density at radius 3 is 3.06 bits per heavy atom. The molecule has 0 aromatic carbocycles. The fourth-order valence-corrected chi connectivity index (χ4v) is 2.19. The fourth-order valence-electron chi connectivity index (χ4n) is 2.19. The van der Waals surface area contributed by atoms with Gasteiger partial charge in [0.15, 0.2) is 0 Å². The van der Waals surface area contributed by atoms with E-state index in [2.05, 4.69) is 28.8 Å². The van der Waals surface area contributed by atoms with Crippen LogP contribution >= 0.6 is 0 Å². The van der Waals surface area contributed by atoms with Crippen molar-refractivity contribution in [2.24, 2.45) is 0 Å². The lowest BCUT2D eigenvalue weighted by Crippen LogP contribution is -2.38. The molecule has 1 atom stereocenters. The van der Waals surface area contributed by atoms with Gasteiger partial charge in [0.25, 0.3) is 0 Å². The molecule has 1 aliphatic heterocycles. The third kappa shape index (κ3) is 2.59. The highest BCUT2D eigenvalue weighted by Crippen LogP contribution is 2.14. The average molecular weight is 224 g/mol. The summed E-state index contributed by atoms with van der Waals surface area (Å²) in [6.07, 6.45) is 3.42. The zero-order chi connectivity index (χ0) is 11.5. The molecule has 0 radical (unpaired) electrons. The van der Waals surface area contributed by atoms with Crippen molar-refractivity contribution in [3.8, 4) is 0 Å². The molecule has 0 saturated carbocycles. The first-order chi connectivity index (χ1) is 7.66. The first-order valence-corrected chi connectivity index (χ1v) is 5.95. The Bertz CT molecular complexity index is 336. The second-order valence-corrected chi connectivity index (χ2v) is 4.75. The first kappa shape index (κ1) is 11.5. The summed E-state index contributed by atoms with van der Waals surface area (Å²) in [7, 11) is 0. The molecule has 0 bridgehead atoms. The third-order valence-corrected chi connectivity index (χ3v) is 2.98. The van der Waals surface area contributed by atoms with Crippen LogP contribution in [-0.4, -0.2) is 44.0 Å². The van der Waals surface area contributed by atoms with Gasteiger partial charge in [-0.05, 0) is 33.2 Å². The normalized spacial score (nSPS) is 22.9. The maximum Gasteiger partial charge on any atom is 0.141 e. The molecule has 1 aromatic heterocycles. The number of piperidine rings is 1. The fraction of sp³-hybridized carbons (Fsp3) is 0.818. The Morgan fingerprint density at radius 2 is 2.38 bits per heavy atom. The van der Waals surface area contributed by atoms with Gasteiger partial charge in [-0.2, -0.15) is 5.10 Å². The summed E-state index contributed by atoms with van der Waals surface area (Å²) >= 11 is 0. The summed E-state index contributed by atoms with van der Waals surface area (Å²) in [5.41, 5.74) is 0. The number of aromatic nitrogens is 3. The van der Waals surface area contributed by atoms with Crippen molar-refractivity contribution in [3.63, 3.8) is 0 Å². The van der Waals surface area contributed by atoms with E-state index in [0.29, 0.717) is 6.04 Å². The zero-order valence-corrected chi connectivity index (χ0v) is 10.0. The van der Waals surface area contributed by atoms with Gasteiger partial charge in [-0.15, -0.1) is 0 Å². The van der Waals surface area contributed by atoms with Gasteiger partial charge in [-0.25, -0.2) is 9.67 Å². The number of aliphatic hydroxyl groups is 1. The lowest BCUT2D eigenvalue weighted by molar-refractivity contribution is 0.0645. The van der Waals surface area contributed by atoms with Gasteiger partial charge in [0, 0.05) is 12.6 Å². The molecular formula is C11H20N4O. The average Bonchev–Trinajstić information content (AvgIpc) is 2.66. The maximum absolute atomic E-state index is 9.60. The van der Waals surface area contributed by atoms with Crippen LogP contribution < -0.4 is 0 Å². The highest BCUT2D eigenvalue weighted by atomic mass is 16.3. The maximum atomic E-state index is 9.60. The molecule has 0 amide bonds. The van der Waals surface area contributed by atoms with Gasteiger partial charge >= 0.3 is 0 Å². The molecule has 0 unspecified atom stereocenters. The number of likely N-dealkylation sites (tertiary alicyclic amines) is 1. The highest BCUT2D eigenvalue weighted by Gasteiger charge is 2.19. The molecule has 5 nitrogen and oxygen atoms in total. The van der Waals surface area contributed by atoms with E-state index in [1.54, 1.807) is 6.33 Å². The monoisotopic (exact) mass is 224 g/mol. The Hall–Kier alpha value is -0.940. The van der Waals surface area contributed by atoms with Gasteiger partial charge in [0.05, 0.1) is 12.6 Å². The minimum Gasteiger partial charge on any atom is -0.392 e. The predicted octanol–water partition coefficient (Wildman–Crippen LogP) is 0.816. The molecule has 0 aliphatic carbocycles. The van der Waals surface area contributed by atoms with Crippen LogP contribution in [0, 0.1) is 0 Å². The van der Waals surface area contributed by atoms with Crippen LogP contribution in [0.1, 0.15) is 38.6 Å². The quantitative estimate of drug-likeness (QED) is 0.825. The molecule has 1 saturated heterocycles. The van der Waals surface area contributed by atoms with E-state index in [-0.39, 0.29) is 6.10 Å². The lowest BCUT2D eigenvalue weighted by atomic mass is 10.1. The Balaban J connectivity index is 2.00. The number of aliphatic hydroxyl groups excluding tert-OH is 1. The summed E-state index contributed by atoms with van der Waals surface area (Å²) in [5.74, 6) is 0.990. The molecule has 1 N–H and O–H groups in total. The number of nitrogens with zero attached hydrogens (tertiary/aromatic N) is 4. The van der Waals surface area contributed by atoms with Crippen molar-refractivity contribution in [1.82, 2.24) is 19.7 Å². The van der Waals surface area contributed by atoms with E-state index in [1.807, 2.05) is 4.68 Å². The zero-order valence-electron chi connectivity index (χ0n) is 10.0. The number of hydrogen-bond donors (Lipinski definition) is 1. The van der Waals surface area contributed by atoms with Crippen molar-refractivity contribution in [2.75, 3.05) is 13.1 Å². The number of hydrogen-bond acceptors (Lipinski definition) is 4. The SMILES string of the molecule is CC(C)n1ncnc1CN1CCC[C@H](O)C1. The predicted molar refractivity (Wildman–Crippen MR) is 60.9 cm³/mol. The summed E-state index contributed by atoms with van der Waals surface area (Å²) < 4.78 is 1.95. The van der Waals surface area contributed by atoms with Crippen LogP contribution in [0.5, 0.6) is 0 Å². The van der Waals surface area contributed by atoms with Crippen molar-refractivity contribution < 1.29 is 5.11 Å². The number of rotatable bonds is 3. The highest BCUT2D eigenvalue weighted by molar-refractivity contribution is 4.88. The van der Waals surface area contributed by atoms with Crippen LogP contribution in [0.4, 0.5) is 0 Å². The largest absolute Gasteiger partial charge is 0.392 e. The Morgan fingerprint density at radius 1 is 1.56 bits per heavy atom. The molecule has 2 heterocycles. The molecule has 1 aromatic rings. The van der Waals surface area contributed by atoms with Gasteiger partial charge < -0.3 is 5.11 Å². The van der Waals surface area contributed by atoms with E-state index in [0.717, 1.165) is 38.3 Å². The van der Waals surface area contributed by atoms with Crippen molar-refractivity contribution >= 4 is 0 Å². The van der Waals surface area contributed by atoms with Crippen molar-refractivity contribution in [1.29, 1.82) is 0 Å². The lowest BCUT2D eigenvalue weighted by Gasteiger charge is -2.29. The minimum atomic E-state index is -0.177. The van der Waals surface area contributed by atoms with Gasteiger partial charge in [0.2, 0.25) is 0 Å². The van der Waals surface area contributed by atoms with Crippen LogP contribution in [0.15, 0.2) is 6.33 Å². The van der Waals surface area contributed by atoms with E-state index >= 15 is 0 Å². The molecule has 1 aliphatic rings. The van der Waals surface area contributed by atoms with Gasteiger partial charge in [-0.1, -0.05) is 0 Å². The molecule has 16 heavy (non-hydrogen) atoms. The van der Waals surface area contributed by atoms with Crippen LogP contribution in [-0.2, 0) is 6.54 Å². The van der Waals surface area contributed by atoms with Crippen molar-refractivity contribution in [3.05, 3.63) is 12.2 Å². The minimum absolute atomic E-state index is 0.177. The smallest absolute Gasteiger partial charge is 0.141 e. The van der Waals surface area contributed by atoms with E-state index in [4.69, 9.17) is 0 Å². The molecule has 90 valence electrons. The molecule has 5 heteroatoms. The van der Waals surface area contributed by atoms with Crippen LogP contribution in [0.25, 0.3) is 0 Å². The Kier molecular flexibility index (Phi) is 3.56. The van der Waals surface area contributed by atoms with Gasteiger partial charge in [-0.3, -0.25) is 4.90 Å². The second-order valence-electron chi connectivity index (χ2n) is 4.75. The molecular weight excluding hydrogens is 204 g/mol. The summed E-state index contributed by atoms with van der Waals surface area (Å²) in [5, 5.41) is 13.8. The third-order valence-electron chi connectivity index (χ3n) is 2.98. The van der Waals surface area contributed by atoms with E-state index in [1.165, 1.54) is 0 Å². The summed E-state index contributed by atoms with van der Waals surface area (Å²) in [4.78, 5) is 6.53. The van der Waals surface area contributed by atoms with Gasteiger partial charge in [0.1, 0.15) is 12.2 Å². The summed E-state index contributed by atoms with van der Waals surface area (Å²) in [6.45, 7) is 6.79. The number of β-amino-alcohol motifs (C(OH)–C–C–N with tert-alkyl or cyclic N) is 1. The standard InChI is InChI=1S/C11H20N4O/c1-9(2)15-11(12-8-13-15)7-14-5-3-4-10(16)6-14/h8-10,16H,3-7H2,1-2H3/t10-/m0/s1. The van der Waals surface area contributed by atoms with Crippen molar-refractivity contribution in [2.45, 2.75) is 45.4 Å². The topological polar surface area (TPSA) is 54.2 Å². The van der Waals surface area contributed by atoms with E-state index in [9.17, 15) is 5.11 Å². The van der Waals surface area contributed by atoms with Crippen LogP contribution in [0.2, 0.25) is 0 Å². The van der Waals surface area contributed by atoms with E-state index < -0.39 is 0 Å².